The largest absolute Gasteiger partial charge is 1.00 e. The topological polar surface area (TPSA) is 176 Å². The number of amides is 3. The number of aryl methyl sites for hydroxylation is 1. The van der Waals surface area contributed by atoms with Gasteiger partial charge in [-0.05, 0) is 18.6 Å². The molecule has 33 heavy (non-hydrogen) atoms. The molecule has 2 N–H and O–H groups in total. The zero-order chi connectivity index (χ0) is 22.9. The molecular formula is C18H16N7NaO6S. The molecule has 0 aromatic carbocycles. The third kappa shape index (κ3) is 3.52. The Morgan fingerprint density at radius 3 is 2.70 bits per heavy atom. The molecule has 2 aromatic rings. The molecular weight excluding hydrogens is 465 g/mol. The minimum absolute atomic E-state index is 0. The summed E-state index contributed by atoms with van der Waals surface area (Å²) in [5.74, 6) is -2.99. The van der Waals surface area contributed by atoms with Crippen LogP contribution in [0.15, 0.2) is 22.4 Å². The van der Waals surface area contributed by atoms with Crippen molar-refractivity contribution in [3.05, 3.63) is 28.9 Å². The molecule has 0 spiro atoms. The maximum Gasteiger partial charge on any atom is 1.00 e. The number of carboxylic acids is 1. The average molecular weight is 481 g/mol. The molecule has 0 aliphatic carbocycles. The number of rotatable bonds is 5. The number of carbonyl (C=O) groups excluding carboxylic acids is 4. The maximum atomic E-state index is 12.7. The van der Waals surface area contributed by atoms with E-state index in [1.54, 1.807) is 13.0 Å². The molecule has 3 aliphatic heterocycles. The van der Waals surface area contributed by atoms with Crippen LogP contribution in [0.25, 0.3) is 5.78 Å². The normalized spacial score (nSPS) is 23.3. The number of aromatic nitrogens is 4. The number of carboxylic acid groups (broad SMARTS) is 1. The minimum Gasteiger partial charge on any atom is -0.543 e. The number of nitrogens with two attached hydrogens (primary N) is 1. The van der Waals surface area contributed by atoms with Crippen LogP contribution >= 0.6 is 11.8 Å². The van der Waals surface area contributed by atoms with Gasteiger partial charge in [0.1, 0.15) is 23.9 Å². The molecule has 0 radical (unpaired) electrons. The molecule has 1 unspecified atom stereocenters. The van der Waals surface area contributed by atoms with Crippen molar-refractivity contribution in [2.45, 2.75) is 37.1 Å². The molecule has 0 bridgehead atoms. The standard InChI is InChI=1S/C18H17N7O6S.Na/c1-6-3-9(25-18(20-6)21-15(22-25)14(19)27)32-4-8-10(17(29)30)24-11-12(16(24)28)23(7(2)26)5-31-13(8)11;/h3,11-13H,4-5H2,1-2H3,(H2,19,27)(H,29,30);/q;+1/p-1/t11-,12-,13?;/m0./s1. The number of ether oxygens (including phenoxy) is 1. The minimum atomic E-state index is -1.49. The van der Waals surface area contributed by atoms with Gasteiger partial charge in [0.2, 0.25) is 11.7 Å². The Kier molecular flexibility index (Phi) is 5.99. The van der Waals surface area contributed by atoms with Gasteiger partial charge in [-0.25, -0.2) is 4.98 Å². The summed E-state index contributed by atoms with van der Waals surface area (Å²) in [7, 11) is 0. The second-order valence-corrected chi connectivity index (χ2v) is 8.54. The van der Waals surface area contributed by atoms with Crippen molar-refractivity contribution >= 4 is 41.2 Å². The number of β-lactam (4-membered cyclic amide) rings is 1. The van der Waals surface area contributed by atoms with Crippen molar-refractivity contribution < 1.29 is 58.6 Å². The first-order valence-electron chi connectivity index (χ1n) is 9.52. The van der Waals surface area contributed by atoms with Crippen LogP contribution in [0, 0.1) is 6.92 Å². The number of carbonyl (C=O) groups is 4. The number of nitrogens with zero attached hydrogens (tertiary/aromatic N) is 6. The van der Waals surface area contributed by atoms with E-state index in [2.05, 4.69) is 15.1 Å². The van der Waals surface area contributed by atoms with Crippen LogP contribution in [0.4, 0.5) is 0 Å². The van der Waals surface area contributed by atoms with Gasteiger partial charge in [-0.2, -0.15) is 9.50 Å². The third-order valence-corrected chi connectivity index (χ3v) is 6.68. The van der Waals surface area contributed by atoms with Crippen LogP contribution in [0.5, 0.6) is 0 Å². The van der Waals surface area contributed by atoms with E-state index in [-0.39, 0.29) is 65.2 Å². The van der Waals surface area contributed by atoms with Crippen molar-refractivity contribution in [1.82, 2.24) is 29.4 Å². The van der Waals surface area contributed by atoms with Crippen molar-refractivity contribution in [1.29, 1.82) is 0 Å². The molecule has 0 saturated carbocycles. The Hall–Kier alpha value is -2.52. The molecule has 13 nitrogen and oxygen atoms in total. The molecule has 5 heterocycles. The summed E-state index contributed by atoms with van der Waals surface area (Å²) in [6.45, 7) is 2.95. The Balaban J connectivity index is 0.00000259. The van der Waals surface area contributed by atoms with E-state index in [0.717, 1.165) is 4.90 Å². The number of thioether (sulfide) groups is 1. The second-order valence-electron chi connectivity index (χ2n) is 7.55. The molecule has 3 aliphatic rings. The Morgan fingerprint density at radius 1 is 1.33 bits per heavy atom. The maximum absolute atomic E-state index is 12.7. The summed E-state index contributed by atoms with van der Waals surface area (Å²) in [4.78, 5) is 58.5. The third-order valence-electron chi connectivity index (χ3n) is 5.64. The van der Waals surface area contributed by atoms with Gasteiger partial charge in [0.25, 0.3) is 17.6 Å². The van der Waals surface area contributed by atoms with E-state index in [0.29, 0.717) is 16.3 Å². The molecule has 2 saturated heterocycles. The zero-order valence-corrected chi connectivity index (χ0v) is 20.7. The molecule has 166 valence electrons. The summed E-state index contributed by atoms with van der Waals surface area (Å²) in [6.07, 6.45) is -0.677. The van der Waals surface area contributed by atoms with Gasteiger partial charge in [0, 0.05) is 18.4 Å². The van der Waals surface area contributed by atoms with Crippen molar-refractivity contribution in [2.75, 3.05) is 12.5 Å². The number of hydrogen-bond acceptors (Lipinski definition) is 10. The van der Waals surface area contributed by atoms with Crippen LogP contribution < -0.4 is 40.4 Å². The van der Waals surface area contributed by atoms with E-state index in [1.807, 2.05) is 0 Å². The van der Waals surface area contributed by atoms with Gasteiger partial charge in [0.15, 0.2) is 0 Å². The van der Waals surface area contributed by atoms with Gasteiger partial charge in [-0.1, -0.05) is 0 Å². The van der Waals surface area contributed by atoms with Gasteiger partial charge in [-0.3, -0.25) is 19.3 Å². The fourth-order valence-electron chi connectivity index (χ4n) is 4.29. The Morgan fingerprint density at radius 2 is 2.06 bits per heavy atom. The summed E-state index contributed by atoms with van der Waals surface area (Å²) in [5, 5.41) is 16.5. The smallest absolute Gasteiger partial charge is 0.543 e. The summed E-state index contributed by atoms with van der Waals surface area (Å²) >= 11 is 1.21. The van der Waals surface area contributed by atoms with Gasteiger partial charge in [0.05, 0.1) is 17.7 Å². The molecule has 2 aromatic heterocycles. The predicted molar refractivity (Wildman–Crippen MR) is 103 cm³/mol. The zero-order valence-electron chi connectivity index (χ0n) is 17.8. The van der Waals surface area contributed by atoms with Crippen LogP contribution in [-0.4, -0.2) is 83.7 Å². The quantitative estimate of drug-likeness (QED) is 0.188. The van der Waals surface area contributed by atoms with E-state index in [1.165, 1.54) is 28.1 Å². The van der Waals surface area contributed by atoms with Crippen molar-refractivity contribution in [2.24, 2.45) is 5.73 Å². The molecule has 5 rings (SSSR count). The van der Waals surface area contributed by atoms with Crippen LogP contribution in [0.2, 0.25) is 0 Å². The van der Waals surface area contributed by atoms with Gasteiger partial charge >= 0.3 is 29.6 Å². The molecule has 2 fully saturated rings. The van der Waals surface area contributed by atoms with Crippen LogP contribution in [0.1, 0.15) is 23.2 Å². The molecule has 3 atom stereocenters. The van der Waals surface area contributed by atoms with Crippen LogP contribution in [-0.2, 0) is 19.1 Å². The first-order chi connectivity index (χ1) is 15.2. The van der Waals surface area contributed by atoms with Gasteiger partial charge in [-0.15, -0.1) is 16.9 Å². The SMILES string of the molecule is CC(=O)N1COC2C(CSc3cc(C)nc4nc(C(N)=O)nn34)=C(C(=O)[O-])N3C(=O)[C@@H]1[C@@H]23.[Na+]. The van der Waals surface area contributed by atoms with Crippen LogP contribution in [0.3, 0.4) is 0 Å². The monoisotopic (exact) mass is 481 g/mol. The fraction of sp³-hybridized carbons (Fsp3) is 0.389. The predicted octanol–water partition coefficient (Wildman–Crippen LogP) is -5.57. The summed E-state index contributed by atoms with van der Waals surface area (Å²) in [6, 6.07) is 0.343. The van der Waals surface area contributed by atoms with Crippen molar-refractivity contribution in [3.8, 4) is 0 Å². The molecule has 3 amide bonds. The van der Waals surface area contributed by atoms with Gasteiger partial charge < -0.3 is 25.3 Å². The van der Waals surface area contributed by atoms with E-state index in [4.69, 9.17) is 10.5 Å². The fourth-order valence-corrected chi connectivity index (χ4v) is 5.39. The summed E-state index contributed by atoms with van der Waals surface area (Å²) < 4.78 is 7.14. The van der Waals surface area contributed by atoms with Crippen molar-refractivity contribution in [3.63, 3.8) is 0 Å². The first-order valence-corrected chi connectivity index (χ1v) is 10.5. The number of primary amides is 1. The average Bonchev–Trinajstić information content (AvgIpc) is 3.29. The Labute approximate surface area is 212 Å². The number of aliphatic carboxylic acids is 1. The molecule has 15 heteroatoms. The van der Waals surface area contributed by atoms with E-state index < -0.39 is 36.0 Å². The second kappa shape index (κ2) is 8.36. The number of fused-ring (bicyclic) bond motifs is 1. The van der Waals surface area contributed by atoms with E-state index >= 15 is 0 Å². The van der Waals surface area contributed by atoms with E-state index in [9.17, 15) is 24.3 Å². The first kappa shape index (κ1) is 23.6. The number of hydrogen-bond donors (Lipinski definition) is 1. The summed E-state index contributed by atoms with van der Waals surface area (Å²) in [5.41, 5.74) is 6.00. The Bertz CT molecular complexity index is 1260.